The third kappa shape index (κ3) is 5.86. The van der Waals surface area contributed by atoms with E-state index in [2.05, 4.69) is 61.4 Å². The van der Waals surface area contributed by atoms with Crippen LogP contribution in [0.1, 0.15) is 0 Å². The summed E-state index contributed by atoms with van der Waals surface area (Å²) in [6, 6.07) is 14.7. The van der Waals surface area contributed by atoms with Gasteiger partial charge in [0.05, 0.1) is 24.3 Å². The number of nitrogens with one attached hydrogen (secondary N) is 1. The quantitative estimate of drug-likeness (QED) is 0.361. The first kappa shape index (κ1) is 25.1. The normalized spacial score (nSPS) is 17.4. The van der Waals surface area contributed by atoms with Gasteiger partial charge < -0.3 is 20.4 Å². The topological polar surface area (TPSA) is 92.4 Å². The average molecular weight is 510 g/mol. The van der Waals surface area contributed by atoms with E-state index < -0.39 is 0 Å². The maximum atomic E-state index is 9.11. The van der Waals surface area contributed by atoms with E-state index in [0.717, 1.165) is 82.6 Å². The highest BCUT2D eigenvalue weighted by Crippen LogP contribution is 2.33. The molecule has 2 aliphatic heterocycles. The van der Waals surface area contributed by atoms with Crippen LogP contribution in [0.4, 0.5) is 5.82 Å². The Morgan fingerprint density at radius 2 is 1.58 bits per heavy atom. The minimum Gasteiger partial charge on any atom is -0.395 e. The van der Waals surface area contributed by atoms with Crippen LogP contribution in [0.15, 0.2) is 48.7 Å². The molecule has 3 aromatic heterocycles. The molecule has 2 saturated heterocycles. The molecule has 1 aromatic carbocycles. The predicted octanol–water partition coefficient (Wildman–Crippen LogP) is 1.61. The van der Waals surface area contributed by atoms with Crippen LogP contribution in [0.25, 0.3) is 26.3 Å². The summed E-state index contributed by atoms with van der Waals surface area (Å²) in [5.74, 6) is 0.978. The van der Waals surface area contributed by atoms with Crippen molar-refractivity contribution in [3.63, 3.8) is 0 Å². The van der Waals surface area contributed by atoms with Gasteiger partial charge in [0.2, 0.25) is 0 Å². The molecule has 0 aliphatic carbocycles. The van der Waals surface area contributed by atoms with Crippen molar-refractivity contribution in [2.45, 2.75) is 0 Å². The zero-order valence-corrected chi connectivity index (χ0v) is 21.4. The second-order valence-corrected chi connectivity index (χ2v) is 10.2. The third-order valence-corrected chi connectivity index (χ3v) is 7.90. The van der Waals surface area contributed by atoms with Crippen molar-refractivity contribution in [2.75, 3.05) is 83.6 Å². The number of fused-ring (bicyclic) bond motifs is 2. The summed E-state index contributed by atoms with van der Waals surface area (Å²) in [7, 11) is 0. The largest absolute Gasteiger partial charge is 0.395 e. The molecular formula is C26H35N7O2S. The van der Waals surface area contributed by atoms with Crippen molar-refractivity contribution in [3.8, 4) is 10.6 Å². The summed E-state index contributed by atoms with van der Waals surface area (Å²) in [6.45, 7) is 10.1. The van der Waals surface area contributed by atoms with Crippen LogP contribution in [0.2, 0.25) is 0 Å². The summed E-state index contributed by atoms with van der Waals surface area (Å²) in [5, 5.41) is 27.1. The van der Waals surface area contributed by atoms with Crippen molar-refractivity contribution in [2.24, 2.45) is 0 Å². The number of hydrogen-bond acceptors (Lipinski definition) is 9. The number of thiophene rings is 1. The molecule has 0 amide bonds. The van der Waals surface area contributed by atoms with Gasteiger partial charge in [-0.25, -0.2) is 9.50 Å². The smallest absolute Gasteiger partial charge is 0.154 e. The van der Waals surface area contributed by atoms with Crippen molar-refractivity contribution < 1.29 is 10.2 Å². The monoisotopic (exact) mass is 509 g/mol. The van der Waals surface area contributed by atoms with Crippen LogP contribution >= 0.6 is 11.3 Å². The predicted molar refractivity (Wildman–Crippen MR) is 146 cm³/mol. The molecule has 0 radical (unpaired) electrons. The van der Waals surface area contributed by atoms with Gasteiger partial charge in [-0.3, -0.25) is 9.80 Å². The molecule has 0 unspecified atom stereocenters. The second kappa shape index (κ2) is 12.1. The Morgan fingerprint density at radius 3 is 2.31 bits per heavy atom. The van der Waals surface area contributed by atoms with Gasteiger partial charge >= 0.3 is 0 Å². The highest BCUT2D eigenvalue weighted by Gasteiger charge is 2.19. The van der Waals surface area contributed by atoms with Crippen molar-refractivity contribution in [1.29, 1.82) is 0 Å². The molecular weight excluding hydrogens is 474 g/mol. The summed E-state index contributed by atoms with van der Waals surface area (Å²) >= 11 is 1.77. The van der Waals surface area contributed by atoms with E-state index in [4.69, 9.17) is 15.3 Å². The molecule has 0 atom stereocenters. The van der Waals surface area contributed by atoms with E-state index in [0.29, 0.717) is 6.61 Å². The summed E-state index contributed by atoms with van der Waals surface area (Å²) < 4.78 is 3.23. The van der Waals surface area contributed by atoms with Crippen molar-refractivity contribution in [3.05, 3.63) is 48.7 Å². The number of β-amino-alcohol motifs (C(OH)–C–C–N with tert-alkyl or cyclic N) is 2. The molecule has 36 heavy (non-hydrogen) atoms. The van der Waals surface area contributed by atoms with Gasteiger partial charge in [-0.2, -0.15) is 0 Å². The van der Waals surface area contributed by atoms with Crippen LogP contribution < -0.4 is 10.2 Å². The average Bonchev–Trinajstić information content (AvgIpc) is 3.54. The fraction of sp³-hybridized carbons (Fsp3) is 0.462. The first-order valence-corrected chi connectivity index (χ1v) is 13.5. The van der Waals surface area contributed by atoms with Gasteiger partial charge in [0.1, 0.15) is 11.5 Å². The standard InChI is InChI=1S/C20H21N5OS.C6H14N2O/c26-12-11-23-7-9-24(10-8-23)20-6-5-19-21-14-16(25(19)22-20)18-13-15-3-1-2-4-17(15)27-18;9-6-5-8-3-1-7-2-4-8/h1-6,13-14,26H,7-12H2;7,9H,1-6H2. The lowest BCUT2D eigenvalue weighted by Crippen LogP contribution is -2.47. The highest BCUT2D eigenvalue weighted by molar-refractivity contribution is 7.22. The fourth-order valence-electron chi connectivity index (χ4n) is 4.73. The number of rotatable bonds is 6. The van der Waals surface area contributed by atoms with Crippen LogP contribution in [0, 0.1) is 0 Å². The van der Waals surface area contributed by atoms with Crippen LogP contribution in [-0.2, 0) is 0 Å². The number of aromatic nitrogens is 3. The number of benzene rings is 1. The number of imidazole rings is 1. The van der Waals surface area contributed by atoms with E-state index >= 15 is 0 Å². The molecule has 0 spiro atoms. The van der Waals surface area contributed by atoms with E-state index in [-0.39, 0.29) is 6.61 Å². The molecule has 0 bridgehead atoms. The number of aliphatic hydroxyl groups is 2. The minimum atomic E-state index is 0.220. The van der Waals surface area contributed by atoms with Crippen molar-refractivity contribution >= 4 is 32.9 Å². The summed E-state index contributed by atoms with van der Waals surface area (Å²) in [4.78, 5) is 12.6. The van der Waals surface area contributed by atoms with E-state index in [1.54, 1.807) is 11.3 Å². The SMILES string of the molecule is OCCN1CCN(c2ccc3ncc(-c4cc5ccccc5s4)n3n2)CC1.OCCN1CCNCC1. The lowest BCUT2D eigenvalue weighted by Gasteiger charge is -2.34. The number of nitrogens with zero attached hydrogens (tertiary/aromatic N) is 6. The van der Waals surface area contributed by atoms with Crippen LogP contribution in [0.3, 0.4) is 0 Å². The number of anilines is 1. The zero-order valence-electron chi connectivity index (χ0n) is 20.6. The second-order valence-electron chi connectivity index (χ2n) is 9.12. The molecule has 2 fully saturated rings. The Labute approximate surface area is 215 Å². The Hall–Kier alpha value is -2.60. The summed E-state index contributed by atoms with van der Waals surface area (Å²) in [6.07, 6.45) is 1.91. The molecule has 0 saturated carbocycles. The molecule has 5 heterocycles. The molecule has 9 nitrogen and oxygen atoms in total. The first-order chi connectivity index (χ1) is 17.7. The molecule has 4 aromatic rings. The van der Waals surface area contributed by atoms with Gasteiger partial charge in [0.15, 0.2) is 5.65 Å². The van der Waals surface area contributed by atoms with Gasteiger partial charge in [0.25, 0.3) is 0 Å². The first-order valence-electron chi connectivity index (χ1n) is 12.7. The lowest BCUT2D eigenvalue weighted by atomic mass is 10.2. The molecule has 10 heteroatoms. The number of hydrogen-bond donors (Lipinski definition) is 3. The lowest BCUT2D eigenvalue weighted by molar-refractivity contribution is 0.180. The molecule has 6 rings (SSSR count). The molecule has 3 N–H and O–H groups in total. The van der Waals surface area contributed by atoms with Gasteiger partial charge in [-0.1, -0.05) is 18.2 Å². The minimum absolute atomic E-state index is 0.220. The van der Waals surface area contributed by atoms with Gasteiger partial charge in [-0.15, -0.1) is 16.4 Å². The fourth-order valence-corrected chi connectivity index (χ4v) is 5.78. The zero-order chi connectivity index (χ0) is 24.7. The Morgan fingerprint density at radius 1 is 0.861 bits per heavy atom. The van der Waals surface area contributed by atoms with Crippen LogP contribution in [0.5, 0.6) is 0 Å². The van der Waals surface area contributed by atoms with E-state index in [1.165, 1.54) is 15.0 Å². The Kier molecular flexibility index (Phi) is 8.42. The Balaban J connectivity index is 0.000000252. The Bertz CT molecular complexity index is 1210. The van der Waals surface area contributed by atoms with Gasteiger partial charge in [-0.05, 0) is 29.7 Å². The van der Waals surface area contributed by atoms with E-state index in [1.807, 2.05) is 16.8 Å². The van der Waals surface area contributed by atoms with Crippen LogP contribution in [-0.4, -0.2) is 113 Å². The molecule has 2 aliphatic rings. The molecule has 192 valence electrons. The van der Waals surface area contributed by atoms with E-state index in [9.17, 15) is 0 Å². The van der Waals surface area contributed by atoms with Gasteiger partial charge in [0, 0.05) is 70.1 Å². The number of aliphatic hydroxyl groups excluding tert-OH is 2. The number of piperazine rings is 2. The van der Waals surface area contributed by atoms with Crippen molar-refractivity contribution in [1.82, 2.24) is 29.7 Å². The maximum Gasteiger partial charge on any atom is 0.154 e. The maximum absolute atomic E-state index is 9.11. The highest BCUT2D eigenvalue weighted by atomic mass is 32.1. The summed E-state index contributed by atoms with van der Waals surface area (Å²) in [5.41, 5.74) is 1.90. The third-order valence-electron chi connectivity index (χ3n) is 6.76.